The van der Waals surface area contributed by atoms with E-state index in [1.54, 1.807) is 17.0 Å². The van der Waals surface area contributed by atoms with E-state index in [4.69, 9.17) is 5.73 Å². The maximum Gasteiger partial charge on any atom is 0.274 e. The van der Waals surface area contributed by atoms with Gasteiger partial charge in [0.2, 0.25) is 0 Å². The number of rotatable bonds is 3. The lowest BCUT2D eigenvalue weighted by molar-refractivity contribution is 0.0697. The van der Waals surface area contributed by atoms with Gasteiger partial charge in [-0.25, -0.2) is 9.37 Å². The van der Waals surface area contributed by atoms with Crippen molar-refractivity contribution in [3.63, 3.8) is 0 Å². The van der Waals surface area contributed by atoms with E-state index in [9.17, 15) is 9.18 Å². The van der Waals surface area contributed by atoms with Gasteiger partial charge in [-0.15, -0.1) is 11.3 Å². The van der Waals surface area contributed by atoms with Crippen LogP contribution in [0.1, 0.15) is 28.8 Å². The minimum Gasteiger partial charge on any atom is -0.329 e. The van der Waals surface area contributed by atoms with Crippen molar-refractivity contribution in [1.29, 1.82) is 0 Å². The summed E-state index contributed by atoms with van der Waals surface area (Å²) in [5.41, 5.74) is 8.23. The van der Waals surface area contributed by atoms with Crippen molar-refractivity contribution >= 4 is 17.2 Å². The van der Waals surface area contributed by atoms with Gasteiger partial charge in [-0.1, -0.05) is 23.8 Å². The number of carbonyl (C=O) groups excluding carboxylic acids is 1. The number of nitrogens with zero attached hydrogens (tertiary/aromatic N) is 2. The molecule has 1 amide bonds. The fourth-order valence-corrected chi connectivity index (χ4v) is 3.95. The Morgan fingerprint density at radius 1 is 1.38 bits per heavy atom. The molecule has 2 heterocycles. The third-order valence-corrected chi connectivity index (χ3v) is 5.29. The van der Waals surface area contributed by atoms with Gasteiger partial charge in [-0.3, -0.25) is 4.79 Å². The number of hydrogen-bond acceptors (Lipinski definition) is 4. The Kier molecular flexibility index (Phi) is 4.78. The van der Waals surface area contributed by atoms with Crippen molar-refractivity contribution in [2.75, 3.05) is 13.1 Å². The molecule has 1 aromatic heterocycles. The molecule has 0 bridgehead atoms. The van der Waals surface area contributed by atoms with Gasteiger partial charge in [-0.2, -0.15) is 0 Å². The monoisotopic (exact) mass is 345 g/mol. The molecule has 1 aromatic carbocycles. The summed E-state index contributed by atoms with van der Waals surface area (Å²) in [6.07, 6.45) is 2.96. The Labute approximate surface area is 144 Å². The van der Waals surface area contributed by atoms with Crippen LogP contribution in [0.25, 0.3) is 10.4 Å². The van der Waals surface area contributed by atoms with Gasteiger partial charge in [0.25, 0.3) is 5.91 Å². The first-order valence-corrected chi connectivity index (χ1v) is 8.74. The van der Waals surface area contributed by atoms with E-state index in [-0.39, 0.29) is 17.8 Å². The summed E-state index contributed by atoms with van der Waals surface area (Å²) in [6.45, 7) is 4.90. The van der Waals surface area contributed by atoms with Gasteiger partial charge in [0, 0.05) is 13.1 Å². The lowest BCUT2D eigenvalue weighted by atomic mass is 10.0. The largest absolute Gasteiger partial charge is 0.329 e. The topological polar surface area (TPSA) is 59.2 Å². The predicted molar refractivity (Wildman–Crippen MR) is 94.5 cm³/mol. The first kappa shape index (κ1) is 16.8. The molecule has 2 N–H and O–H groups in total. The molecule has 0 saturated heterocycles. The predicted octanol–water partition coefficient (Wildman–Crippen LogP) is 3.38. The maximum atomic E-state index is 13.2. The van der Waals surface area contributed by atoms with Crippen molar-refractivity contribution < 1.29 is 9.18 Å². The Morgan fingerprint density at radius 2 is 2.08 bits per heavy atom. The van der Waals surface area contributed by atoms with Crippen LogP contribution in [0.2, 0.25) is 0 Å². The van der Waals surface area contributed by atoms with E-state index in [0.29, 0.717) is 18.8 Å². The quantitative estimate of drug-likeness (QED) is 0.868. The average molecular weight is 345 g/mol. The Morgan fingerprint density at radius 3 is 2.75 bits per heavy atom. The van der Waals surface area contributed by atoms with Gasteiger partial charge in [0.15, 0.2) is 0 Å². The number of nitrogens with two attached hydrogens (primary N) is 1. The normalized spacial score (nSPS) is 17.8. The molecule has 6 heteroatoms. The summed E-state index contributed by atoms with van der Waals surface area (Å²) in [7, 11) is 0. The van der Waals surface area contributed by atoms with E-state index in [0.717, 1.165) is 27.4 Å². The second-order valence-corrected chi connectivity index (χ2v) is 7.11. The first-order valence-electron chi connectivity index (χ1n) is 7.92. The summed E-state index contributed by atoms with van der Waals surface area (Å²) in [5, 5.41) is 0.811. The van der Waals surface area contributed by atoms with Crippen molar-refractivity contribution in [2.24, 2.45) is 5.73 Å². The molecule has 0 spiro atoms. The summed E-state index contributed by atoms with van der Waals surface area (Å²) in [4.78, 5) is 20.1. The molecular formula is C18H20FN3OS. The summed E-state index contributed by atoms with van der Waals surface area (Å²) >= 11 is 1.45. The van der Waals surface area contributed by atoms with Crippen LogP contribution in [0.15, 0.2) is 35.9 Å². The average Bonchev–Trinajstić information content (AvgIpc) is 2.96. The summed E-state index contributed by atoms with van der Waals surface area (Å²) in [6, 6.07) is 6.07. The minimum absolute atomic E-state index is 0.0886. The number of thiazole rings is 1. The SMILES string of the molecule is CC1=CCCN(C(=O)c2nc(C)sc2-c2ccc(F)cc2)[C@@H]1CN. The Hall–Kier alpha value is -2.05. The smallest absolute Gasteiger partial charge is 0.274 e. The van der Waals surface area contributed by atoms with Gasteiger partial charge in [0.1, 0.15) is 11.5 Å². The summed E-state index contributed by atoms with van der Waals surface area (Å²) < 4.78 is 13.2. The van der Waals surface area contributed by atoms with E-state index in [1.165, 1.54) is 23.5 Å². The lowest BCUT2D eigenvalue weighted by Crippen LogP contribution is -2.47. The van der Waals surface area contributed by atoms with E-state index >= 15 is 0 Å². The third-order valence-electron chi connectivity index (χ3n) is 4.27. The van der Waals surface area contributed by atoms with E-state index in [2.05, 4.69) is 11.1 Å². The van der Waals surface area contributed by atoms with Crippen LogP contribution < -0.4 is 5.73 Å². The highest BCUT2D eigenvalue weighted by Gasteiger charge is 2.30. The van der Waals surface area contributed by atoms with Crippen LogP contribution >= 0.6 is 11.3 Å². The number of hydrogen-bond donors (Lipinski definition) is 1. The van der Waals surface area contributed by atoms with Crippen LogP contribution in [-0.2, 0) is 0 Å². The molecule has 0 aliphatic carbocycles. The zero-order valence-electron chi connectivity index (χ0n) is 13.8. The van der Waals surface area contributed by atoms with Crippen LogP contribution in [0.3, 0.4) is 0 Å². The number of halogens is 1. The maximum absolute atomic E-state index is 13.2. The minimum atomic E-state index is -0.298. The second kappa shape index (κ2) is 6.83. The third kappa shape index (κ3) is 3.12. The van der Waals surface area contributed by atoms with Crippen LogP contribution in [-0.4, -0.2) is 34.9 Å². The highest BCUT2D eigenvalue weighted by atomic mass is 32.1. The highest BCUT2D eigenvalue weighted by molar-refractivity contribution is 7.15. The standard InChI is InChI=1S/C18H20FN3OS/c1-11-4-3-9-22(15(11)10-20)18(23)16-17(24-12(2)21-16)13-5-7-14(19)8-6-13/h4-8,15H,3,9-10,20H2,1-2H3/t15-/m1/s1. The van der Waals surface area contributed by atoms with Gasteiger partial charge in [0.05, 0.1) is 15.9 Å². The molecule has 24 heavy (non-hydrogen) atoms. The molecule has 1 aliphatic heterocycles. The highest BCUT2D eigenvalue weighted by Crippen LogP contribution is 2.32. The molecule has 0 saturated carbocycles. The van der Waals surface area contributed by atoms with Gasteiger partial charge < -0.3 is 10.6 Å². The number of carbonyl (C=O) groups is 1. The van der Waals surface area contributed by atoms with Crippen LogP contribution in [0.4, 0.5) is 4.39 Å². The van der Waals surface area contributed by atoms with Crippen molar-refractivity contribution in [2.45, 2.75) is 26.3 Å². The second-order valence-electron chi connectivity index (χ2n) is 5.90. The molecule has 4 nitrogen and oxygen atoms in total. The van der Waals surface area contributed by atoms with Crippen molar-refractivity contribution in [3.05, 3.63) is 52.4 Å². The zero-order chi connectivity index (χ0) is 17.3. The first-order chi connectivity index (χ1) is 11.5. The molecule has 0 radical (unpaired) electrons. The summed E-state index contributed by atoms with van der Waals surface area (Å²) in [5.74, 6) is -0.408. The zero-order valence-corrected chi connectivity index (χ0v) is 14.6. The molecule has 2 aromatic rings. The molecule has 126 valence electrons. The lowest BCUT2D eigenvalue weighted by Gasteiger charge is -2.34. The van der Waals surface area contributed by atoms with Gasteiger partial charge in [-0.05, 0) is 38.0 Å². The van der Waals surface area contributed by atoms with Crippen LogP contribution in [0, 0.1) is 12.7 Å². The number of benzene rings is 1. The molecule has 0 fully saturated rings. The molecule has 0 unspecified atom stereocenters. The molecule has 3 rings (SSSR count). The fraction of sp³-hybridized carbons (Fsp3) is 0.333. The Bertz CT molecular complexity index is 782. The molecular weight excluding hydrogens is 325 g/mol. The van der Waals surface area contributed by atoms with E-state index < -0.39 is 0 Å². The van der Waals surface area contributed by atoms with Crippen molar-refractivity contribution in [3.8, 4) is 10.4 Å². The molecule has 1 atom stereocenters. The number of aryl methyl sites for hydroxylation is 1. The van der Waals surface area contributed by atoms with E-state index in [1.807, 2.05) is 13.8 Å². The van der Waals surface area contributed by atoms with Crippen LogP contribution in [0.5, 0.6) is 0 Å². The van der Waals surface area contributed by atoms with Crippen molar-refractivity contribution in [1.82, 2.24) is 9.88 Å². The fourth-order valence-electron chi connectivity index (χ4n) is 3.03. The Balaban J connectivity index is 1.99. The van der Waals surface area contributed by atoms with Gasteiger partial charge >= 0.3 is 0 Å². The number of amides is 1. The molecule has 1 aliphatic rings. The number of aromatic nitrogens is 1.